The number of rotatable bonds is 9. The minimum absolute atomic E-state index is 0.421. The Balaban J connectivity index is 1.68. The molecule has 0 aliphatic carbocycles. The molecule has 146 valence electrons. The molecule has 0 saturated carbocycles. The number of hydrogen-bond acceptors (Lipinski definition) is 3. The second-order valence-corrected chi connectivity index (χ2v) is 7.64. The SMILES string of the molecule is CCOc1cc(CNCc2ccccc2)cc(Br)c1OCc1cccc(Cl)c1. The van der Waals surface area contributed by atoms with Crippen molar-refractivity contribution < 1.29 is 9.47 Å². The molecular weight excluding hydrogens is 438 g/mol. The van der Waals surface area contributed by atoms with Crippen molar-refractivity contribution in [3.63, 3.8) is 0 Å². The lowest BCUT2D eigenvalue weighted by molar-refractivity contribution is 0.267. The van der Waals surface area contributed by atoms with E-state index in [1.54, 1.807) is 0 Å². The third kappa shape index (κ3) is 5.99. The summed E-state index contributed by atoms with van der Waals surface area (Å²) >= 11 is 9.69. The average molecular weight is 461 g/mol. The maximum atomic E-state index is 6.06. The number of benzene rings is 3. The lowest BCUT2D eigenvalue weighted by Gasteiger charge is -2.16. The highest BCUT2D eigenvalue weighted by molar-refractivity contribution is 9.10. The topological polar surface area (TPSA) is 30.5 Å². The van der Waals surface area contributed by atoms with Crippen molar-refractivity contribution in [2.24, 2.45) is 0 Å². The van der Waals surface area contributed by atoms with Crippen LogP contribution in [0.25, 0.3) is 0 Å². The van der Waals surface area contributed by atoms with Gasteiger partial charge in [-0.3, -0.25) is 0 Å². The van der Waals surface area contributed by atoms with Crippen LogP contribution in [0, 0.1) is 0 Å². The van der Waals surface area contributed by atoms with E-state index in [2.05, 4.69) is 39.4 Å². The summed E-state index contributed by atoms with van der Waals surface area (Å²) in [6.45, 7) is 4.51. The van der Waals surface area contributed by atoms with Gasteiger partial charge in [0.25, 0.3) is 0 Å². The molecule has 0 spiro atoms. The Hall–Kier alpha value is -2.01. The van der Waals surface area contributed by atoms with Crippen molar-refractivity contribution >= 4 is 27.5 Å². The fourth-order valence-electron chi connectivity index (χ4n) is 2.86. The molecule has 28 heavy (non-hydrogen) atoms. The van der Waals surface area contributed by atoms with E-state index < -0.39 is 0 Å². The highest BCUT2D eigenvalue weighted by Gasteiger charge is 2.13. The van der Waals surface area contributed by atoms with Gasteiger partial charge in [-0.15, -0.1) is 0 Å². The van der Waals surface area contributed by atoms with Crippen LogP contribution in [0.4, 0.5) is 0 Å². The molecule has 0 saturated heterocycles. The van der Waals surface area contributed by atoms with Crippen molar-refractivity contribution in [3.8, 4) is 11.5 Å². The van der Waals surface area contributed by atoms with Crippen LogP contribution in [0.2, 0.25) is 5.02 Å². The van der Waals surface area contributed by atoms with E-state index in [-0.39, 0.29) is 0 Å². The van der Waals surface area contributed by atoms with E-state index in [1.807, 2.05) is 55.5 Å². The second-order valence-electron chi connectivity index (χ2n) is 6.35. The molecule has 0 aromatic heterocycles. The summed E-state index contributed by atoms with van der Waals surface area (Å²) in [5.74, 6) is 1.43. The Morgan fingerprint density at radius 3 is 2.36 bits per heavy atom. The Labute approximate surface area is 179 Å². The van der Waals surface area contributed by atoms with Gasteiger partial charge in [0.05, 0.1) is 11.1 Å². The molecule has 3 aromatic rings. The third-order valence-electron chi connectivity index (χ3n) is 4.14. The molecule has 0 heterocycles. The molecule has 0 aliphatic heterocycles. The predicted octanol–water partition coefficient (Wildman–Crippen LogP) is 6.37. The van der Waals surface area contributed by atoms with Crippen molar-refractivity contribution in [1.29, 1.82) is 0 Å². The number of ether oxygens (including phenoxy) is 2. The van der Waals surface area contributed by atoms with Gasteiger partial charge < -0.3 is 14.8 Å². The Morgan fingerprint density at radius 1 is 0.857 bits per heavy atom. The normalized spacial score (nSPS) is 10.7. The molecule has 0 amide bonds. The van der Waals surface area contributed by atoms with Crippen molar-refractivity contribution in [2.45, 2.75) is 26.6 Å². The van der Waals surface area contributed by atoms with Crippen molar-refractivity contribution in [3.05, 3.63) is 92.9 Å². The minimum atomic E-state index is 0.421. The Bertz CT molecular complexity index is 902. The van der Waals surface area contributed by atoms with Gasteiger partial charge in [0, 0.05) is 18.1 Å². The fourth-order valence-corrected chi connectivity index (χ4v) is 3.67. The molecule has 3 nitrogen and oxygen atoms in total. The maximum absolute atomic E-state index is 6.06. The molecule has 1 N–H and O–H groups in total. The standard InChI is InChI=1S/C23H23BrClNO2/c1-2-27-22-13-19(15-26-14-17-7-4-3-5-8-17)12-21(24)23(22)28-16-18-9-6-10-20(25)11-18/h3-13,26H,2,14-16H2,1H3. The zero-order valence-electron chi connectivity index (χ0n) is 15.8. The van der Waals surface area contributed by atoms with Crippen molar-refractivity contribution in [2.75, 3.05) is 6.61 Å². The summed E-state index contributed by atoms with van der Waals surface area (Å²) in [6, 6.07) is 22.1. The highest BCUT2D eigenvalue weighted by Crippen LogP contribution is 2.37. The first-order valence-electron chi connectivity index (χ1n) is 9.23. The molecule has 0 bridgehead atoms. The van der Waals surface area contributed by atoms with Crippen LogP contribution < -0.4 is 14.8 Å². The molecule has 0 atom stereocenters. The summed E-state index contributed by atoms with van der Waals surface area (Å²) in [7, 11) is 0. The summed E-state index contributed by atoms with van der Waals surface area (Å²) < 4.78 is 12.7. The molecule has 5 heteroatoms. The van der Waals surface area contributed by atoms with Crippen molar-refractivity contribution in [1.82, 2.24) is 5.32 Å². The largest absolute Gasteiger partial charge is 0.490 e. The quantitative estimate of drug-likeness (QED) is 0.402. The van der Waals surface area contributed by atoms with E-state index in [1.165, 1.54) is 5.56 Å². The first kappa shape index (κ1) is 20.7. The molecule has 3 aromatic carbocycles. The van der Waals surface area contributed by atoms with Crippen LogP contribution in [0.3, 0.4) is 0 Å². The van der Waals surface area contributed by atoms with Gasteiger partial charge in [-0.2, -0.15) is 0 Å². The molecular formula is C23H23BrClNO2. The first-order chi connectivity index (χ1) is 13.7. The lowest BCUT2D eigenvalue weighted by atomic mass is 10.2. The number of nitrogens with one attached hydrogen (secondary N) is 1. The van der Waals surface area contributed by atoms with Crippen LogP contribution in [0.15, 0.2) is 71.2 Å². The maximum Gasteiger partial charge on any atom is 0.175 e. The summed E-state index contributed by atoms with van der Waals surface area (Å²) in [5, 5.41) is 4.17. The highest BCUT2D eigenvalue weighted by atomic mass is 79.9. The molecule has 0 fully saturated rings. The van der Waals surface area contributed by atoms with Gasteiger partial charge >= 0.3 is 0 Å². The van der Waals surface area contributed by atoms with Crippen LogP contribution >= 0.6 is 27.5 Å². The van der Waals surface area contributed by atoms with E-state index in [0.29, 0.717) is 24.0 Å². The van der Waals surface area contributed by atoms with E-state index in [0.717, 1.165) is 34.4 Å². The second kappa shape index (κ2) is 10.5. The van der Waals surface area contributed by atoms with Gasteiger partial charge in [-0.05, 0) is 63.8 Å². The predicted molar refractivity (Wildman–Crippen MR) is 118 cm³/mol. The smallest absolute Gasteiger partial charge is 0.175 e. The minimum Gasteiger partial charge on any atom is -0.490 e. The zero-order valence-corrected chi connectivity index (χ0v) is 18.1. The monoisotopic (exact) mass is 459 g/mol. The number of halogens is 2. The summed E-state index contributed by atoms with van der Waals surface area (Å²) in [4.78, 5) is 0. The van der Waals surface area contributed by atoms with Gasteiger partial charge in [0.2, 0.25) is 0 Å². The van der Waals surface area contributed by atoms with E-state index >= 15 is 0 Å². The Kier molecular flexibility index (Phi) is 7.78. The molecule has 3 rings (SSSR count). The zero-order chi connectivity index (χ0) is 19.8. The van der Waals surface area contributed by atoms with Crippen LogP contribution in [0.5, 0.6) is 11.5 Å². The average Bonchev–Trinajstić information content (AvgIpc) is 2.68. The third-order valence-corrected chi connectivity index (χ3v) is 4.97. The van der Waals surface area contributed by atoms with Gasteiger partial charge in [-0.1, -0.05) is 54.1 Å². The Morgan fingerprint density at radius 2 is 1.61 bits per heavy atom. The van der Waals surface area contributed by atoms with E-state index in [4.69, 9.17) is 21.1 Å². The van der Waals surface area contributed by atoms with Crippen LogP contribution in [-0.4, -0.2) is 6.61 Å². The van der Waals surface area contributed by atoms with Crippen LogP contribution in [0.1, 0.15) is 23.6 Å². The van der Waals surface area contributed by atoms with Crippen LogP contribution in [-0.2, 0) is 19.7 Å². The lowest BCUT2D eigenvalue weighted by Crippen LogP contribution is -2.13. The summed E-state index contributed by atoms with van der Waals surface area (Å²) in [5.41, 5.74) is 3.39. The first-order valence-corrected chi connectivity index (χ1v) is 10.4. The van der Waals surface area contributed by atoms with Gasteiger partial charge in [-0.25, -0.2) is 0 Å². The molecule has 0 unspecified atom stereocenters. The molecule has 0 aliphatic rings. The van der Waals surface area contributed by atoms with Gasteiger partial charge in [0.1, 0.15) is 6.61 Å². The molecule has 0 radical (unpaired) electrons. The summed E-state index contributed by atoms with van der Waals surface area (Å²) in [6.07, 6.45) is 0. The fraction of sp³-hybridized carbons (Fsp3) is 0.217. The number of hydrogen-bond donors (Lipinski definition) is 1. The van der Waals surface area contributed by atoms with Gasteiger partial charge in [0.15, 0.2) is 11.5 Å². The van der Waals surface area contributed by atoms with E-state index in [9.17, 15) is 0 Å².